The lowest BCUT2D eigenvalue weighted by molar-refractivity contribution is -0.145. The molecule has 1 N–H and O–H groups in total. The molecule has 1 amide bonds. The Hall–Kier alpha value is -2.35. The molecule has 1 atom stereocenters. The van der Waals surface area contributed by atoms with Crippen molar-refractivity contribution in [2.75, 3.05) is 0 Å². The first-order valence-corrected chi connectivity index (χ1v) is 10.5. The second-order valence-electron chi connectivity index (χ2n) is 6.30. The average molecular weight is 448 g/mol. The van der Waals surface area contributed by atoms with Crippen LogP contribution in [0.3, 0.4) is 0 Å². The van der Waals surface area contributed by atoms with Crippen LogP contribution in [0.25, 0.3) is 6.08 Å². The molecule has 8 heteroatoms. The molecule has 0 aromatic heterocycles. The summed E-state index contributed by atoms with van der Waals surface area (Å²) < 4.78 is 6.07. The van der Waals surface area contributed by atoms with Crippen LogP contribution in [0, 0.1) is 0 Å². The fraction of sp³-hybridized carbons (Fsp3) is 0.190. The number of halogens is 1. The van der Waals surface area contributed by atoms with E-state index >= 15 is 0 Å². The zero-order valence-electron chi connectivity index (χ0n) is 15.5. The second-order valence-corrected chi connectivity index (χ2v) is 8.41. The Morgan fingerprint density at radius 1 is 1.31 bits per heavy atom. The molecule has 1 saturated heterocycles. The van der Waals surface area contributed by atoms with Crippen molar-refractivity contribution in [2.45, 2.75) is 26.0 Å². The number of benzene rings is 2. The lowest BCUT2D eigenvalue weighted by Gasteiger charge is -2.21. The summed E-state index contributed by atoms with van der Waals surface area (Å²) in [4.78, 5) is 25.7. The third-order valence-corrected chi connectivity index (χ3v) is 5.86. The molecule has 0 spiro atoms. The number of hydrogen-bond donors (Lipinski definition) is 1. The number of carbonyl (C=O) groups is 2. The van der Waals surface area contributed by atoms with E-state index in [1.54, 1.807) is 25.1 Å². The number of carbonyl (C=O) groups excluding carboxylic acids is 1. The van der Waals surface area contributed by atoms with Crippen LogP contribution in [0.1, 0.15) is 24.5 Å². The van der Waals surface area contributed by atoms with Crippen molar-refractivity contribution in [3.8, 4) is 5.75 Å². The summed E-state index contributed by atoms with van der Waals surface area (Å²) >= 11 is 12.2. The van der Waals surface area contributed by atoms with E-state index in [1.165, 1.54) is 4.90 Å². The molecule has 1 heterocycles. The topological polar surface area (TPSA) is 66.8 Å². The van der Waals surface area contributed by atoms with E-state index in [0.29, 0.717) is 22.3 Å². The van der Waals surface area contributed by atoms with E-state index in [2.05, 4.69) is 0 Å². The Morgan fingerprint density at radius 2 is 2.03 bits per heavy atom. The Morgan fingerprint density at radius 3 is 2.69 bits per heavy atom. The molecule has 0 unspecified atom stereocenters. The maximum absolute atomic E-state index is 12.7. The van der Waals surface area contributed by atoms with Crippen molar-refractivity contribution in [2.24, 2.45) is 0 Å². The quantitative estimate of drug-likeness (QED) is 0.476. The summed E-state index contributed by atoms with van der Waals surface area (Å²) in [7, 11) is 0. The fourth-order valence-electron chi connectivity index (χ4n) is 2.81. The highest BCUT2D eigenvalue weighted by Gasteiger charge is 2.39. The van der Waals surface area contributed by atoms with Crippen molar-refractivity contribution < 1.29 is 19.4 Å². The van der Waals surface area contributed by atoms with Crippen LogP contribution in [0.5, 0.6) is 5.75 Å². The van der Waals surface area contributed by atoms with Crippen molar-refractivity contribution in [3.05, 3.63) is 69.6 Å². The van der Waals surface area contributed by atoms with Gasteiger partial charge in [-0.15, -0.1) is 0 Å². The van der Waals surface area contributed by atoms with Gasteiger partial charge in [0.2, 0.25) is 0 Å². The number of amides is 1. The molecule has 3 rings (SSSR count). The van der Waals surface area contributed by atoms with Gasteiger partial charge in [-0.3, -0.25) is 9.69 Å². The number of carboxylic acid groups (broad SMARTS) is 1. The Bertz CT molecular complexity index is 975. The number of rotatable bonds is 7. The SMILES string of the molecule is CC[C@@H](C(=O)O)N1C(=O)/C(=C\c2cccc(OCc3ccc(Cl)cc3)c2)SC1=S. The molecular weight excluding hydrogens is 430 g/mol. The number of nitrogens with zero attached hydrogens (tertiary/aromatic N) is 1. The van der Waals surface area contributed by atoms with Gasteiger partial charge >= 0.3 is 5.97 Å². The third kappa shape index (κ3) is 5.18. The molecule has 1 aliphatic heterocycles. The zero-order valence-corrected chi connectivity index (χ0v) is 17.9. The van der Waals surface area contributed by atoms with Crippen molar-refractivity contribution >= 4 is 57.9 Å². The van der Waals surface area contributed by atoms with Crippen molar-refractivity contribution in [1.82, 2.24) is 4.90 Å². The fourth-order valence-corrected chi connectivity index (χ4v) is 4.29. The molecule has 150 valence electrons. The Labute approximate surface area is 183 Å². The highest BCUT2D eigenvalue weighted by atomic mass is 35.5. The number of carboxylic acids is 1. The molecule has 0 saturated carbocycles. The molecule has 1 fully saturated rings. The monoisotopic (exact) mass is 447 g/mol. The highest BCUT2D eigenvalue weighted by molar-refractivity contribution is 8.26. The number of hydrogen-bond acceptors (Lipinski definition) is 5. The molecular formula is C21H18ClNO4S2. The van der Waals surface area contributed by atoms with Crippen molar-refractivity contribution in [3.63, 3.8) is 0 Å². The zero-order chi connectivity index (χ0) is 21.0. The summed E-state index contributed by atoms with van der Waals surface area (Å²) in [6, 6.07) is 13.8. The molecule has 5 nitrogen and oxygen atoms in total. The average Bonchev–Trinajstić information content (AvgIpc) is 2.96. The van der Waals surface area contributed by atoms with Gasteiger partial charge in [0.1, 0.15) is 22.7 Å². The van der Waals surface area contributed by atoms with Crippen LogP contribution in [0.15, 0.2) is 53.4 Å². The summed E-state index contributed by atoms with van der Waals surface area (Å²) in [5.41, 5.74) is 1.75. The van der Waals surface area contributed by atoms with Crippen LogP contribution < -0.4 is 4.74 Å². The normalized spacial score (nSPS) is 16.3. The predicted octanol–water partition coefficient (Wildman–Crippen LogP) is 4.98. The van der Waals surface area contributed by atoms with Gasteiger partial charge in [-0.05, 0) is 47.9 Å². The molecule has 2 aromatic rings. The first-order valence-electron chi connectivity index (χ1n) is 8.86. The van der Waals surface area contributed by atoms with E-state index in [4.69, 9.17) is 28.6 Å². The van der Waals surface area contributed by atoms with E-state index in [1.807, 2.05) is 36.4 Å². The number of aliphatic carboxylic acids is 1. The smallest absolute Gasteiger partial charge is 0.326 e. The maximum Gasteiger partial charge on any atom is 0.326 e. The van der Waals surface area contributed by atoms with Gasteiger partial charge < -0.3 is 9.84 Å². The summed E-state index contributed by atoms with van der Waals surface area (Å²) in [6.45, 7) is 2.10. The lowest BCUT2D eigenvalue weighted by Crippen LogP contribution is -2.43. The first-order chi connectivity index (χ1) is 13.9. The Balaban J connectivity index is 1.74. The van der Waals surface area contributed by atoms with E-state index < -0.39 is 12.0 Å². The lowest BCUT2D eigenvalue weighted by atomic mass is 10.1. The van der Waals surface area contributed by atoms with Crippen LogP contribution in [0.2, 0.25) is 5.02 Å². The molecule has 29 heavy (non-hydrogen) atoms. The summed E-state index contributed by atoms with van der Waals surface area (Å²) in [6.07, 6.45) is 1.98. The van der Waals surface area contributed by atoms with E-state index in [0.717, 1.165) is 22.9 Å². The van der Waals surface area contributed by atoms with Gasteiger partial charge in [-0.25, -0.2) is 4.79 Å². The van der Waals surface area contributed by atoms with Crippen LogP contribution in [-0.4, -0.2) is 32.2 Å². The van der Waals surface area contributed by atoms with Gasteiger partial charge in [0, 0.05) is 5.02 Å². The van der Waals surface area contributed by atoms with Gasteiger partial charge in [-0.2, -0.15) is 0 Å². The largest absolute Gasteiger partial charge is 0.489 e. The Kier molecular flexibility index (Phi) is 6.95. The molecule has 1 aliphatic rings. The molecule has 0 radical (unpaired) electrons. The number of thioether (sulfide) groups is 1. The van der Waals surface area contributed by atoms with E-state index in [9.17, 15) is 14.7 Å². The van der Waals surface area contributed by atoms with Crippen LogP contribution in [0.4, 0.5) is 0 Å². The van der Waals surface area contributed by atoms with Crippen LogP contribution >= 0.6 is 35.6 Å². The highest BCUT2D eigenvalue weighted by Crippen LogP contribution is 2.35. The molecule has 0 aliphatic carbocycles. The van der Waals surface area contributed by atoms with Gasteiger partial charge in [0.25, 0.3) is 5.91 Å². The van der Waals surface area contributed by atoms with Gasteiger partial charge in [0.05, 0.1) is 4.91 Å². The first kappa shape index (κ1) is 21.4. The summed E-state index contributed by atoms with van der Waals surface area (Å²) in [5, 5.41) is 10.0. The van der Waals surface area contributed by atoms with Gasteiger partial charge in [0.15, 0.2) is 0 Å². The number of thiocarbonyl (C=S) groups is 1. The minimum absolute atomic E-state index is 0.255. The summed E-state index contributed by atoms with van der Waals surface area (Å²) in [5.74, 6) is -0.800. The van der Waals surface area contributed by atoms with Gasteiger partial charge in [-0.1, -0.05) is 66.8 Å². The minimum Gasteiger partial charge on any atom is -0.489 e. The third-order valence-electron chi connectivity index (χ3n) is 4.28. The minimum atomic E-state index is -1.07. The molecule has 2 aromatic carbocycles. The number of ether oxygens (including phenoxy) is 1. The molecule has 0 bridgehead atoms. The standard InChI is InChI=1S/C21H18ClNO4S2/c1-2-17(20(25)26)23-19(24)18(29-21(23)28)11-14-4-3-5-16(10-14)27-12-13-6-8-15(22)9-7-13/h3-11,17H,2,12H2,1H3,(H,25,26)/b18-11+/t17-/m0/s1. The maximum atomic E-state index is 12.7. The predicted molar refractivity (Wildman–Crippen MR) is 119 cm³/mol. The van der Waals surface area contributed by atoms with Crippen LogP contribution in [-0.2, 0) is 16.2 Å². The van der Waals surface area contributed by atoms with E-state index in [-0.39, 0.29) is 16.6 Å². The second kappa shape index (κ2) is 9.43. The van der Waals surface area contributed by atoms with Crippen molar-refractivity contribution in [1.29, 1.82) is 0 Å².